The number of anilines is 1. The Kier molecular flexibility index (Phi) is 3.03. The van der Waals surface area contributed by atoms with Gasteiger partial charge >= 0.3 is 0 Å². The quantitative estimate of drug-likeness (QED) is 0.909. The van der Waals surface area contributed by atoms with Crippen molar-refractivity contribution in [3.05, 3.63) is 30.6 Å². The number of fused-ring (bicyclic) bond motifs is 2. The molecule has 2 fully saturated rings. The van der Waals surface area contributed by atoms with Gasteiger partial charge in [0, 0.05) is 36.7 Å². The Labute approximate surface area is 119 Å². The van der Waals surface area contributed by atoms with E-state index in [1.807, 2.05) is 0 Å². The molecule has 2 aromatic rings. The van der Waals surface area contributed by atoms with Crippen LogP contribution in [-0.2, 0) is 0 Å². The minimum atomic E-state index is 0.587. The van der Waals surface area contributed by atoms with E-state index in [0.29, 0.717) is 6.04 Å². The van der Waals surface area contributed by atoms with E-state index in [-0.39, 0.29) is 0 Å². The minimum absolute atomic E-state index is 0.587. The van der Waals surface area contributed by atoms with Crippen molar-refractivity contribution >= 4 is 16.7 Å². The zero-order valence-electron chi connectivity index (χ0n) is 11.6. The number of nitrogens with zero attached hydrogens (tertiary/aromatic N) is 3. The molecule has 2 saturated heterocycles. The van der Waals surface area contributed by atoms with E-state index in [4.69, 9.17) is 0 Å². The van der Waals surface area contributed by atoms with Gasteiger partial charge in [-0.25, -0.2) is 0 Å². The lowest BCUT2D eigenvalue weighted by atomic mass is 9.99. The van der Waals surface area contributed by atoms with Crippen LogP contribution in [0.4, 0.5) is 5.69 Å². The first-order valence-electron chi connectivity index (χ1n) is 7.61. The van der Waals surface area contributed by atoms with Gasteiger partial charge in [0.25, 0.3) is 0 Å². The number of nitrogens with one attached hydrogen (secondary N) is 1. The van der Waals surface area contributed by atoms with Gasteiger partial charge in [0.2, 0.25) is 0 Å². The third-order valence-corrected chi connectivity index (χ3v) is 4.68. The van der Waals surface area contributed by atoms with Crippen molar-refractivity contribution in [3.63, 3.8) is 0 Å². The SMILES string of the molecule is c1cnc2cc(NC3CCN4CCCCC34)ccc2n1. The lowest BCUT2D eigenvalue weighted by Crippen LogP contribution is -2.41. The lowest BCUT2D eigenvalue weighted by molar-refractivity contribution is 0.193. The summed E-state index contributed by atoms with van der Waals surface area (Å²) < 4.78 is 0. The summed E-state index contributed by atoms with van der Waals surface area (Å²) in [6.07, 6.45) is 8.84. The van der Waals surface area contributed by atoms with Crippen LogP contribution in [0.1, 0.15) is 25.7 Å². The van der Waals surface area contributed by atoms with Gasteiger partial charge in [-0.1, -0.05) is 6.42 Å². The molecule has 3 heterocycles. The fourth-order valence-corrected chi connectivity index (χ4v) is 3.68. The van der Waals surface area contributed by atoms with E-state index in [9.17, 15) is 0 Å². The van der Waals surface area contributed by atoms with Crippen LogP contribution in [0.5, 0.6) is 0 Å². The van der Waals surface area contributed by atoms with Crippen molar-refractivity contribution in [2.24, 2.45) is 0 Å². The number of aromatic nitrogens is 2. The fourth-order valence-electron chi connectivity index (χ4n) is 3.68. The second kappa shape index (κ2) is 5.02. The normalized spacial score (nSPS) is 26.6. The number of rotatable bonds is 2. The lowest BCUT2D eigenvalue weighted by Gasteiger charge is -2.33. The second-order valence-corrected chi connectivity index (χ2v) is 5.90. The number of hydrogen-bond acceptors (Lipinski definition) is 4. The Balaban J connectivity index is 1.55. The highest BCUT2D eigenvalue weighted by atomic mass is 15.2. The van der Waals surface area contributed by atoms with Gasteiger partial charge in [0.1, 0.15) is 0 Å². The Hall–Kier alpha value is -1.68. The zero-order chi connectivity index (χ0) is 13.4. The highest BCUT2D eigenvalue weighted by Gasteiger charge is 2.35. The molecule has 20 heavy (non-hydrogen) atoms. The maximum absolute atomic E-state index is 4.38. The molecule has 2 unspecified atom stereocenters. The molecule has 1 aromatic heterocycles. The van der Waals surface area contributed by atoms with Crippen molar-refractivity contribution in [2.45, 2.75) is 37.8 Å². The molecular weight excluding hydrogens is 248 g/mol. The average Bonchev–Trinajstić information content (AvgIpc) is 2.91. The molecule has 2 aliphatic rings. The molecular formula is C16H20N4. The van der Waals surface area contributed by atoms with Crippen LogP contribution in [0.3, 0.4) is 0 Å². The van der Waals surface area contributed by atoms with Crippen LogP contribution < -0.4 is 5.32 Å². The summed E-state index contributed by atoms with van der Waals surface area (Å²) in [5, 5.41) is 3.72. The van der Waals surface area contributed by atoms with Crippen molar-refractivity contribution in [1.82, 2.24) is 14.9 Å². The molecule has 0 spiro atoms. The van der Waals surface area contributed by atoms with Gasteiger partial charge in [-0.15, -0.1) is 0 Å². The van der Waals surface area contributed by atoms with Gasteiger partial charge in [-0.2, -0.15) is 0 Å². The molecule has 1 aromatic carbocycles. The first kappa shape index (κ1) is 12.1. The molecule has 0 radical (unpaired) electrons. The van der Waals surface area contributed by atoms with Crippen LogP contribution in [0.15, 0.2) is 30.6 Å². The smallest absolute Gasteiger partial charge is 0.0907 e. The second-order valence-electron chi connectivity index (χ2n) is 5.90. The molecule has 0 aliphatic carbocycles. The van der Waals surface area contributed by atoms with Gasteiger partial charge in [0.05, 0.1) is 11.0 Å². The van der Waals surface area contributed by atoms with E-state index in [1.165, 1.54) is 44.5 Å². The first-order valence-corrected chi connectivity index (χ1v) is 7.61. The maximum Gasteiger partial charge on any atom is 0.0907 e. The molecule has 4 nitrogen and oxygen atoms in total. The average molecular weight is 268 g/mol. The number of piperidine rings is 1. The van der Waals surface area contributed by atoms with Crippen LogP contribution in [0.2, 0.25) is 0 Å². The van der Waals surface area contributed by atoms with Gasteiger partial charge in [-0.3, -0.25) is 14.9 Å². The largest absolute Gasteiger partial charge is 0.381 e. The highest BCUT2D eigenvalue weighted by Crippen LogP contribution is 2.29. The van der Waals surface area contributed by atoms with E-state index >= 15 is 0 Å². The Morgan fingerprint density at radius 2 is 1.90 bits per heavy atom. The van der Waals surface area contributed by atoms with Crippen LogP contribution in [0.25, 0.3) is 11.0 Å². The topological polar surface area (TPSA) is 41.1 Å². The molecule has 0 bridgehead atoms. The zero-order valence-corrected chi connectivity index (χ0v) is 11.6. The van der Waals surface area contributed by atoms with Crippen molar-refractivity contribution in [3.8, 4) is 0 Å². The van der Waals surface area contributed by atoms with Gasteiger partial charge in [0.15, 0.2) is 0 Å². The summed E-state index contributed by atoms with van der Waals surface area (Å²) in [6.45, 7) is 2.53. The highest BCUT2D eigenvalue weighted by molar-refractivity contribution is 5.78. The summed E-state index contributed by atoms with van der Waals surface area (Å²) in [5.41, 5.74) is 3.11. The summed E-state index contributed by atoms with van der Waals surface area (Å²) in [7, 11) is 0. The molecule has 1 N–H and O–H groups in total. The number of hydrogen-bond donors (Lipinski definition) is 1. The number of benzene rings is 1. The van der Waals surface area contributed by atoms with E-state index in [0.717, 1.165) is 17.1 Å². The third-order valence-electron chi connectivity index (χ3n) is 4.68. The molecule has 104 valence electrons. The van der Waals surface area contributed by atoms with E-state index < -0.39 is 0 Å². The third kappa shape index (κ3) is 2.14. The predicted molar refractivity (Wildman–Crippen MR) is 80.8 cm³/mol. The molecule has 2 aliphatic heterocycles. The monoisotopic (exact) mass is 268 g/mol. The summed E-state index contributed by atoms with van der Waals surface area (Å²) >= 11 is 0. The summed E-state index contributed by atoms with van der Waals surface area (Å²) in [5.74, 6) is 0. The van der Waals surface area contributed by atoms with Crippen LogP contribution >= 0.6 is 0 Å². The Morgan fingerprint density at radius 3 is 2.85 bits per heavy atom. The van der Waals surface area contributed by atoms with Gasteiger partial charge < -0.3 is 5.32 Å². The van der Waals surface area contributed by atoms with E-state index in [2.05, 4.69) is 38.4 Å². The molecule has 0 amide bonds. The minimum Gasteiger partial charge on any atom is -0.381 e. The maximum atomic E-state index is 4.38. The van der Waals surface area contributed by atoms with Crippen molar-refractivity contribution < 1.29 is 0 Å². The molecule has 0 saturated carbocycles. The predicted octanol–water partition coefficient (Wildman–Crippen LogP) is 2.67. The van der Waals surface area contributed by atoms with E-state index in [1.54, 1.807) is 12.4 Å². The standard InChI is InChI=1S/C16H20N4/c1-2-9-20-10-6-14(16(20)3-1)19-12-4-5-13-15(11-12)18-8-7-17-13/h4-5,7-8,11,14,16,19H,1-3,6,9-10H2. The summed E-state index contributed by atoms with van der Waals surface area (Å²) in [6, 6.07) is 7.61. The molecule has 4 heteroatoms. The van der Waals surface area contributed by atoms with Crippen molar-refractivity contribution in [1.29, 1.82) is 0 Å². The molecule has 4 rings (SSSR count). The van der Waals surface area contributed by atoms with Crippen molar-refractivity contribution in [2.75, 3.05) is 18.4 Å². The summed E-state index contributed by atoms with van der Waals surface area (Å²) in [4.78, 5) is 11.4. The molecule has 2 atom stereocenters. The Bertz CT molecular complexity index is 612. The van der Waals surface area contributed by atoms with Crippen LogP contribution in [-0.4, -0.2) is 40.0 Å². The van der Waals surface area contributed by atoms with Gasteiger partial charge in [-0.05, 0) is 44.0 Å². The van der Waals surface area contributed by atoms with Crippen LogP contribution in [0, 0.1) is 0 Å². The first-order chi connectivity index (χ1) is 9.90. The Morgan fingerprint density at radius 1 is 1.00 bits per heavy atom. The fraction of sp³-hybridized carbons (Fsp3) is 0.500.